The van der Waals surface area contributed by atoms with Gasteiger partial charge >= 0.3 is 5.97 Å². The number of ketones is 1. The van der Waals surface area contributed by atoms with Crippen LogP contribution >= 0.6 is 0 Å². The monoisotopic (exact) mass is 687 g/mol. The molecular formula is C39H61NO9. The van der Waals surface area contributed by atoms with E-state index in [1.165, 1.54) is 6.92 Å². The number of esters is 1. The average Bonchev–Trinajstić information content (AvgIpc) is 3.08. The highest BCUT2D eigenvalue weighted by Gasteiger charge is 2.52. The van der Waals surface area contributed by atoms with Crippen LogP contribution in [-0.4, -0.2) is 100 Å². The summed E-state index contributed by atoms with van der Waals surface area (Å²) in [6, 6.07) is 8.03. The minimum absolute atomic E-state index is 0.00869. The first-order valence-electron chi connectivity index (χ1n) is 17.8. The summed E-state index contributed by atoms with van der Waals surface area (Å²) >= 11 is 0. The molecule has 276 valence electrons. The lowest BCUT2D eigenvalue weighted by molar-refractivity contribution is -0.293. The van der Waals surface area contributed by atoms with Crippen molar-refractivity contribution in [2.45, 2.75) is 142 Å². The Labute approximate surface area is 293 Å². The molecule has 0 aliphatic carbocycles. The summed E-state index contributed by atoms with van der Waals surface area (Å²) in [5.41, 5.74) is -1.09. The highest BCUT2D eigenvalue weighted by atomic mass is 16.7. The smallest absolute Gasteiger partial charge is 0.311 e. The second-order valence-electron chi connectivity index (χ2n) is 15.2. The van der Waals surface area contributed by atoms with Crippen LogP contribution in [-0.2, 0) is 35.1 Å². The lowest BCUT2D eigenvalue weighted by atomic mass is 9.72. The van der Waals surface area contributed by atoms with Gasteiger partial charge in [0.2, 0.25) is 0 Å². The van der Waals surface area contributed by atoms with E-state index in [1.54, 1.807) is 34.8 Å². The third-order valence-corrected chi connectivity index (χ3v) is 11.6. The second kappa shape index (κ2) is 16.8. The fourth-order valence-corrected chi connectivity index (χ4v) is 7.72. The molecule has 2 fully saturated rings. The molecule has 14 atom stereocenters. The van der Waals surface area contributed by atoms with E-state index in [-0.39, 0.29) is 36.7 Å². The van der Waals surface area contributed by atoms with Crippen molar-refractivity contribution < 1.29 is 43.9 Å². The highest BCUT2D eigenvalue weighted by Crippen LogP contribution is 2.41. The number of nitrogens with zero attached hydrogens (tertiary/aromatic N) is 1. The van der Waals surface area contributed by atoms with Gasteiger partial charge in [-0.25, -0.2) is 0 Å². The molecule has 2 saturated heterocycles. The Morgan fingerprint density at radius 1 is 1.02 bits per heavy atom. The quantitative estimate of drug-likeness (QED) is 0.281. The predicted octanol–water partition coefficient (Wildman–Crippen LogP) is 4.34. The van der Waals surface area contributed by atoms with Gasteiger partial charge in [-0.2, -0.15) is 0 Å². The number of carbonyl (C=O) groups is 2. The van der Waals surface area contributed by atoms with Gasteiger partial charge in [0.25, 0.3) is 0 Å². The van der Waals surface area contributed by atoms with Crippen LogP contribution in [0, 0.1) is 41.9 Å². The van der Waals surface area contributed by atoms with Crippen LogP contribution in [0.4, 0.5) is 0 Å². The van der Waals surface area contributed by atoms with E-state index in [4.69, 9.17) is 25.4 Å². The van der Waals surface area contributed by atoms with E-state index in [9.17, 15) is 24.9 Å². The van der Waals surface area contributed by atoms with Crippen molar-refractivity contribution in [1.82, 2.24) is 4.90 Å². The van der Waals surface area contributed by atoms with Crippen LogP contribution in [0.5, 0.6) is 0 Å². The molecule has 0 spiro atoms. The molecule has 0 unspecified atom stereocenters. The molecule has 0 aromatic heterocycles. The molecule has 2 heterocycles. The number of carbonyl (C=O) groups excluding carboxylic acids is 2. The molecule has 2 aliphatic heterocycles. The summed E-state index contributed by atoms with van der Waals surface area (Å²) in [6.45, 7) is 16.6. The van der Waals surface area contributed by atoms with E-state index >= 15 is 0 Å². The van der Waals surface area contributed by atoms with Crippen molar-refractivity contribution in [1.29, 1.82) is 0 Å². The highest BCUT2D eigenvalue weighted by molar-refractivity contribution is 5.81. The molecular weight excluding hydrogens is 626 g/mol. The maximum Gasteiger partial charge on any atom is 0.311 e. The van der Waals surface area contributed by atoms with Gasteiger partial charge < -0.3 is 34.3 Å². The Morgan fingerprint density at radius 3 is 2.18 bits per heavy atom. The zero-order valence-electron chi connectivity index (χ0n) is 31.4. The molecule has 3 rings (SSSR count). The Bertz CT molecular complexity index is 1290. The molecule has 0 saturated carbocycles. The number of rotatable bonds is 7. The Balaban J connectivity index is 2.00. The Kier molecular flexibility index (Phi) is 14.1. The molecule has 1 aromatic carbocycles. The van der Waals surface area contributed by atoms with Crippen molar-refractivity contribution in [2.75, 3.05) is 14.2 Å². The molecule has 10 nitrogen and oxygen atoms in total. The van der Waals surface area contributed by atoms with Gasteiger partial charge in [0, 0.05) is 49.4 Å². The summed E-state index contributed by atoms with van der Waals surface area (Å²) in [7, 11) is 3.62. The molecule has 1 aromatic rings. The number of hydrogen-bond donors (Lipinski definition) is 3. The van der Waals surface area contributed by atoms with Crippen LogP contribution in [0.25, 0.3) is 0 Å². The topological polar surface area (TPSA) is 135 Å². The summed E-state index contributed by atoms with van der Waals surface area (Å²) in [6.07, 6.45) is 1.00. The van der Waals surface area contributed by atoms with Crippen molar-refractivity contribution in [3.8, 4) is 12.3 Å². The minimum atomic E-state index is -1.90. The van der Waals surface area contributed by atoms with Crippen molar-refractivity contribution in [3.05, 3.63) is 35.4 Å². The van der Waals surface area contributed by atoms with Crippen LogP contribution in [0.1, 0.15) is 92.7 Å². The average molecular weight is 688 g/mol. The fraction of sp³-hybridized carbons (Fsp3) is 0.744. The third-order valence-electron chi connectivity index (χ3n) is 11.6. The second-order valence-corrected chi connectivity index (χ2v) is 15.2. The van der Waals surface area contributed by atoms with Crippen LogP contribution < -0.4 is 0 Å². The number of Topliss-reactive ketones (excluding diaryl/α,β-unsaturated/α-hetero) is 1. The molecule has 10 heteroatoms. The lowest BCUT2D eigenvalue weighted by Crippen LogP contribution is -2.60. The standard InChI is InChI=1S/C39H61NO9/c1-13-28-15-17-29(18-16-28)21-40(11)30-20-23(4)47-37(24(30)5)49-35-26(7)33(42)27(8)36(44)48-32(14-2)38(9,45)34(43)25(6)31(41)19-22(3)39(35,10)46-12/h1,15-18,22-27,30,32-35,37,42-43,45H,14,19-21H2,2-12H3/t22-,23-,24-,25+,26+,27-,30+,32-,33+,34-,35-,37+,38-,39-/m1/s1. The largest absolute Gasteiger partial charge is 0.459 e. The van der Waals surface area contributed by atoms with Crippen LogP contribution in [0.3, 0.4) is 0 Å². The van der Waals surface area contributed by atoms with Gasteiger partial charge in [-0.1, -0.05) is 52.7 Å². The molecule has 0 radical (unpaired) electrons. The Morgan fingerprint density at radius 2 is 1.63 bits per heavy atom. The third kappa shape index (κ3) is 8.93. The number of cyclic esters (lactones) is 1. The zero-order valence-corrected chi connectivity index (χ0v) is 31.4. The van der Waals surface area contributed by atoms with Gasteiger partial charge in [-0.3, -0.25) is 14.5 Å². The number of hydrogen-bond acceptors (Lipinski definition) is 10. The van der Waals surface area contributed by atoms with Crippen LogP contribution in [0.2, 0.25) is 0 Å². The summed E-state index contributed by atoms with van der Waals surface area (Å²) < 4.78 is 25.3. The van der Waals surface area contributed by atoms with E-state index in [1.807, 2.05) is 45.0 Å². The number of ether oxygens (including phenoxy) is 4. The molecule has 0 amide bonds. The number of methoxy groups -OCH3 is 1. The number of terminal acetylenes is 1. The van der Waals surface area contributed by atoms with Crippen molar-refractivity contribution >= 4 is 11.8 Å². The van der Waals surface area contributed by atoms with Crippen molar-refractivity contribution in [3.63, 3.8) is 0 Å². The summed E-state index contributed by atoms with van der Waals surface area (Å²) in [5, 5.41) is 34.3. The van der Waals surface area contributed by atoms with Gasteiger partial charge in [0.1, 0.15) is 17.5 Å². The fourth-order valence-electron chi connectivity index (χ4n) is 7.72. The van der Waals surface area contributed by atoms with E-state index < -0.39 is 71.5 Å². The summed E-state index contributed by atoms with van der Waals surface area (Å²) in [4.78, 5) is 29.5. The minimum Gasteiger partial charge on any atom is -0.459 e. The molecule has 49 heavy (non-hydrogen) atoms. The lowest BCUT2D eigenvalue weighted by Gasteiger charge is -2.50. The number of aliphatic hydroxyl groups is 3. The first-order valence-corrected chi connectivity index (χ1v) is 17.8. The van der Waals surface area contributed by atoms with Gasteiger partial charge in [0.05, 0.1) is 35.9 Å². The normalized spacial score (nSPS) is 41.5. The van der Waals surface area contributed by atoms with Crippen LogP contribution in [0.15, 0.2) is 24.3 Å². The van der Waals surface area contributed by atoms with Gasteiger partial charge in [0.15, 0.2) is 6.29 Å². The SMILES string of the molecule is C#Cc1ccc(CN(C)[C@H]2C[C@@H](C)O[C@@H](O[C@@H]3[C@@H](C)[C@H](O)[C@@H](C)C(=O)O[C@H](CC)[C@@](C)(O)[C@H](O)[C@@H](C)C(=O)C[C@@H](C)[C@@]3(C)OC)[C@@H]2C)cc1. The number of benzene rings is 1. The van der Waals surface area contributed by atoms with E-state index in [0.717, 1.165) is 17.5 Å². The van der Waals surface area contributed by atoms with E-state index in [2.05, 4.69) is 24.8 Å². The maximum absolute atomic E-state index is 13.7. The summed E-state index contributed by atoms with van der Waals surface area (Å²) in [5.74, 6) is -1.58. The first kappa shape index (κ1) is 41.1. The van der Waals surface area contributed by atoms with Gasteiger partial charge in [-0.15, -0.1) is 6.42 Å². The Hall–Kier alpha value is -2.36. The molecule has 2 aliphatic rings. The maximum atomic E-state index is 13.7. The number of aliphatic hydroxyl groups excluding tert-OH is 2. The first-order chi connectivity index (χ1) is 22.8. The van der Waals surface area contributed by atoms with E-state index in [0.29, 0.717) is 6.54 Å². The zero-order chi connectivity index (χ0) is 37.0. The van der Waals surface area contributed by atoms with Gasteiger partial charge in [-0.05, 0) is 71.2 Å². The molecule has 3 N–H and O–H groups in total. The predicted molar refractivity (Wildman–Crippen MR) is 187 cm³/mol. The molecule has 0 bridgehead atoms. The van der Waals surface area contributed by atoms with Crippen molar-refractivity contribution in [2.24, 2.45) is 29.6 Å².